The molecule has 5 heterocycles. The molecule has 0 saturated carbocycles. The Balaban J connectivity index is 1.27. The fourth-order valence-electron chi connectivity index (χ4n) is 4.86. The van der Waals surface area contributed by atoms with Gasteiger partial charge in [0.05, 0.1) is 35.5 Å². The molecule has 168 valence electrons. The van der Waals surface area contributed by atoms with Crippen molar-refractivity contribution in [1.29, 1.82) is 0 Å². The largest absolute Gasteiger partial charge is 0.500 e. The number of piperazine rings is 1. The summed E-state index contributed by atoms with van der Waals surface area (Å²) in [6.45, 7) is 15.2. The molecule has 5 rings (SSSR count). The Morgan fingerprint density at radius 2 is 1.58 bits per heavy atom. The standard InChI is InChI=1S/C22H35BN6O2/c1-21(2)22(3,4)31-23(30-21)19-15-25-29-16-18(14-24-20(19)29)27-8-6-17(7-9-27)28-12-10-26(5)11-13-28/h14-17H,6-13H2,1-5H3. The summed E-state index contributed by atoms with van der Waals surface area (Å²) in [4.78, 5) is 12.3. The van der Waals surface area contributed by atoms with Crippen molar-refractivity contribution in [3.8, 4) is 0 Å². The fraction of sp³-hybridized carbons (Fsp3) is 0.727. The number of aromatic nitrogens is 3. The summed E-state index contributed by atoms with van der Waals surface area (Å²) in [5.41, 5.74) is 2.07. The quantitative estimate of drug-likeness (QED) is 0.685. The second-order valence-electron chi connectivity index (χ2n) is 10.3. The van der Waals surface area contributed by atoms with E-state index in [-0.39, 0.29) is 11.2 Å². The Kier molecular flexibility index (Phi) is 5.28. The molecular weight excluding hydrogens is 391 g/mol. The van der Waals surface area contributed by atoms with E-state index < -0.39 is 7.12 Å². The van der Waals surface area contributed by atoms with Gasteiger partial charge in [-0.25, -0.2) is 9.50 Å². The maximum Gasteiger partial charge on any atom is 0.500 e. The Bertz CT molecular complexity index is 915. The monoisotopic (exact) mass is 426 g/mol. The van der Waals surface area contributed by atoms with Gasteiger partial charge in [0.1, 0.15) is 0 Å². The van der Waals surface area contributed by atoms with Crippen LogP contribution in [-0.2, 0) is 9.31 Å². The first kappa shape index (κ1) is 21.2. The van der Waals surface area contributed by atoms with Gasteiger partial charge in [-0.2, -0.15) is 5.10 Å². The minimum Gasteiger partial charge on any atom is -0.399 e. The lowest BCUT2D eigenvalue weighted by atomic mass is 9.81. The fourth-order valence-corrected chi connectivity index (χ4v) is 4.86. The van der Waals surface area contributed by atoms with Crippen molar-refractivity contribution in [2.24, 2.45) is 0 Å². The number of hydrogen-bond donors (Lipinski definition) is 0. The summed E-state index contributed by atoms with van der Waals surface area (Å²) in [6.07, 6.45) is 8.31. The minimum absolute atomic E-state index is 0.375. The highest BCUT2D eigenvalue weighted by Gasteiger charge is 2.52. The average molecular weight is 426 g/mol. The number of piperidine rings is 1. The minimum atomic E-state index is -0.444. The highest BCUT2D eigenvalue weighted by atomic mass is 16.7. The normalized spacial score (nSPS) is 25.6. The van der Waals surface area contributed by atoms with E-state index in [0.29, 0.717) is 6.04 Å². The molecule has 9 heteroatoms. The van der Waals surface area contributed by atoms with Gasteiger partial charge in [0.15, 0.2) is 5.65 Å². The van der Waals surface area contributed by atoms with Gasteiger partial charge in [-0.3, -0.25) is 4.90 Å². The van der Waals surface area contributed by atoms with Gasteiger partial charge >= 0.3 is 7.12 Å². The Morgan fingerprint density at radius 3 is 2.23 bits per heavy atom. The van der Waals surface area contributed by atoms with Crippen LogP contribution >= 0.6 is 0 Å². The van der Waals surface area contributed by atoms with Gasteiger partial charge in [-0.05, 0) is 47.6 Å². The summed E-state index contributed by atoms with van der Waals surface area (Å²) in [5, 5.41) is 4.56. The van der Waals surface area contributed by atoms with E-state index in [9.17, 15) is 0 Å². The van der Waals surface area contributed by atoms with Gasteiger partial charge in [0.25, 0.3) is 0 Å². The summed E-state index contributed by atoms with van der Waals surface area (Å²) >= 11 is 0. The molecule has 0 N–H and O–H groups in total. The second-order valence-corrected chi connectivity index (χ2v) is 10.3. The van der Waals surface area contributed by atoms with Gasteiger partial charge in [0, 0.05) is 50.8 Å². The van der Waals surface area contributed by atoms with Crippen molar-refractivity contribution < 1.29 is 9.31 Å². The van der Waals surface area contributed by atoms with Crippen molar-refractivity contribution in [1.82, 2.24) is 24.4 Å². The first-order valence-corrected chi connectivity index (χ1v) is 11.6. The average Bonchev–Trinajstić information content (AvgIpc) is 3.25. The lowest BCUT2D eigenvalue weighted by molar-refractivity contribution is 0.00578. The predicted octanol–water partition coefficient (Wildman–Crippen LogP) is 1.24. The third-order valence-electron chi connectivity index (χ3n) is 7.76. The van der Waals surface area contributed by atoms with E-state index in [0.717, 1.165) is 29.9 Å². The summed E-state index contributed by atoms with van der Waals surface area (Å²) in [7, 11) is 1.77. The Morgan fingerprint density at radius 1 is 0.935 bits per heavy atom. The number of nitrogens with zero attached hydrogens (tertiary/aromatic N) is 6. The Labute approximate surface area is 185 Å². The molecule has 3 aliphatic rings. The smallest absolute Gasteiger partial charge is 0.399 e. The van der Waals surface area contributed by atoms with Crippen LogP contribution in [0.2, 0.25) is 0 Å². The van der Waals surface area contributed by atoms with Crippen molar-refractivity contribution in [3.63, 3.8) is 0 Å². The molecule has 3 saturated heterocycles. The maximum absolute atomic E-state index is 6.21. The zero-order valence-electron chi connectivity index (χ0n) is 19.5. The second kappa shape index (κ2) is 7.72. The van der Waals surface area contributed by atoms with Crippen molar-refractivity contribution in [2.75, 3.05) is 51.2 Å². The maximum atomic E-state index is 6.21. The van der Waals surface area contributed by atoms with Crippen LogP contribution in [0.15, 0.2) is 18.6 Å². The van der Waals surface area contributed by atoms with E-state index >= 15 is 0 Å². The van der Waals surface area contributed by atoms with Crippen LogP contribution in [0, 0.1) is 0 Å². The third-order valence-corrected chi connectivity index (χ3v) is 7.76. The van der Waals surface area contributed by atoms with Crippen LogP contribution in [-0.4, -0.2) is 95.1 Å². The molecule has 0 spiro atoms. The molecule has 0 bridgehead atoms. The lowest BCUT2D eigenvalue weighted by Gasteiger charge is -2.42. The van der Waals surface area contributed by atoms with Crippen LogP contribution in [0.5, 0.6) is 0 Å². The zero-order chi connectivity index (χ0) is 21.8. The number of anilines is 1. The van der Waals surface area contributed by atoms with Gasteiger partial charge in [0.2, 0.25) is 0 Å². The molecule has 8 nitrogen and oxygen atoms in total. The molecule has 0 atom stereocenters. The van der Waals surface area contributed by atoms with Crippen molar-refractivity contribution in [3.05, 3.63) is 18.6 Å². The first-order valence-electron chi connectivity index (χ1n) is 11.6. The van der Waals surface area contributed by atoms with E-state index in [4.69, 9.17) is 14.3 Å². The molecule has 0 aliphatic carbocycles. The molecule has 0 unspecified atom stereocenters. The van der Waals surface area contributed by atoms with Gasteiger partial charge in [-0.1, -0.05) is 0 Å². The molecule has 2 aromatic rings. The van der Waals surface area contributed by atoms with Crippen LogP contribution in [0.1, 0.15) is 40.5 Å². The van der Waals surface area contributed by atoms with Gasteiger partial charge < -0.3 is 19.1 Å². The molecule has 0 radical (unpaired) electrons. The van der Waals surface area contributed by atoms with Crippen LogP contribution in [0.3, 0.4) is 0 Å². The first-order chi connectivity index (χ1) is 14.7. The summed E-state index contributed by atoms with van der Waals surface area (Å²) in [5.74, 6) is 0. The summed E-state index contributed by atoms with van der Waals surface area (Å²) < 4.78 is 14.3. The number of fused-ring (bicyclic) bond motifs is 1. The van der Waals surface area contributed by atoms with Crippen molar-refractivity contribution >= 4 is 23.9 Å². The predicted molar refractivity (Wildman–Crippen MR) is 123 cm³/mol. The molecule has 0 amide bonds. The molecule has 2 aromatic heterocycles. The van der Waals surface area contributed by atoms with E-state index in [1.165, 1.54) is 39.0 Å². The topological polar surface area (TPSA) is 58.4 Å². The summed E-state index contributed by atoms with van der Waals surface area (Å²) in [6, 6.07) is 0.710. The highest BCUT2D eigenvalue weighted by Crippen LogP contribution is 2.36. The van der Waals surface area contributed by atoms with Gasteiger partial charge in [-0.15, -0.1) is 0 Å². The van der Waals surface area contributed by atoms with E-state index in [1.807, 2.05) is 16.9 Å². The van der Waals surface area contributed by atoms with Crippen LogP contribution in [0.25, 0.3) is 5.65 Å². The molecule has 3 fully saturated rings. The van der Waals surface area contributed by atoms with E-state index in [2.05, 4.69) is 60.7 Å². The Hall–Kier alpha value is -1.68. The molecule has 0 aromatic carbocycles. The lowest BCUT2D eigenvalue weighted by Crippen LogP contribution is -2.52. The third kappa shape index (κ3) is 3.86. The number of hydrogen-bond acceptors (Lipinski definition) is 7. The number of rotatable bonds is 3. The van der Waals surface area contributed by atoms with Crippen LogP contribution < -0.4 is 10.4 Å². The van der Waals surface area contributed by atoms with E-state index in [1.54, 1.807) is 0 Å². The molecular formula is C22H35BN6O2. The van der Waals surface area contributed by atoms with Crippen LogP contribution in [0.4, 0.5) is 5.69 Å². The SMILES string of the molecule is CN1CCN(C2CCN(c3cnc4c(B5OC(C)(C)C(C)(C)O5)cnn4c3)CC2)CC1. The molecule has 31 heavy (non-hydrogen) atoms. The van der Waals surface area contributed by atoms with Crippen molar-refractivity contribution in [2.45, 2.75) is 57.8 Å². The number of likely N-dealkylation sites (N-methyl/N-ethyl adjacent to an activating group) is 1. The molecule has 3 aliphatic heterocycles. The highest BCUT2D eigenvalue weighted by molar-refractivity contribution is 6.64. The zero-order valence-corrected chi connectivity index (χ0v) is 19.5.